The van der Waals surface area contributed by atoms with Gasteiger partial charge in [0.05, 0.1) is 33.4 Å². The van der Waals surface area contributed by atoms with Gasteiger partial charge in [0.2, 0.25) is 0 Å². The Labute approximate surface area is 332 Å². The average molecular weight is 742 g/mol. The molecule has 6 heteroatoms. The largest absolute Gasteiger partial charge is 0.457 e. The van der Waals surface area contributed by atoms with E-state index in [9.17, 15) is 0 Å². The van der Waals surface area contributed by atoms with Crippen LogP contribution in [0.1, 0.15) is 43.0 Å². The summed E-state index contributed by atoms with van der Waals surface area (Å²) in [5.41, 5.74) is 13.5. The van der Waals surface area contributed by atoms with Gasteiger partial charge in [-0.3, -0.25) is 4.57 Å². The Morgan fingerprint density at radius 1 is 0.561 bits per heavy atom. The zero-order chi connectivity index (χ0) is 39.0. The van der Waals surface area contributed by atoms with Gasteiger partial charge in [0.25, 0.3) is 0 Å². The highest BCUT2D eigenvalue weighted by atomic mass is 16.5. The normalized spacial score (nSPS) is 12.0. The highest BCUT2D eigenvalue weighted by Crippen LogP contribution is 2.43. The Balaban J connectivity index is 1.14. The zero-order valence-corrected chi connectivity index (χ0v) is 33.1. The number of fused-ring (bicyclic) bond motifs is 7. The number of hydrogen-bond donors (Lipinski definition) is 0. The monoisotopic (exact) mass is 741 g/mol. The fourth-order valence-electron chi connectivity index (χ4n) is 8.71. The van der Waals surface area contributed by atoms with Crippen LogP contribution < -0.4 is 4.74 Å². The Morgan fingerprint density at radius 3 is 2.11 bits per heavy atom. The van der Waals surface area contributed by atoms with Gasteiger partial charge in [-0.25, -0.2) is 9.67 Å². The number of aromatic nitrogens is 5. The summed E-state index contributed by atoms with van der Waals surface area (Å²) in [6.45, 7) is 13.2. The van der Waals surface area contributed by atoms with Crippen molar-refractivity contribution in [3.05, 3.63) is 174 Å². The van der Waals surface area contributed by atoms with E-state index in [0.29, 0.717) is 0 Å². The summed E-state index contributed by atoms with van der Waals surface area (Å²) in [4.78, 5) is 5.00. The number of benzene rings is 6. The predicted molar refractivity (Wildman–Crippen MR) is 235 cm³/mol. The van der Waals surface area contributed by atoms with E-state index < -0.39 is 0 Å². The van der Waals surface area contributed by atoms with Crippen LogP contribution in [0, 0.1) is 20.8 Å². The zero-order valence-electron chi connectivity index (χ0n) is 33.1. The summed E-state index contributed by atoms with van der Waals surface area (Å²) >= 11 is 0. The van der Waals surface area contributed by atoms with Crippen molar-refractivity contribution in [1.82, 2.24) is 23.9 Å². The molecule has 6 aromatic carbocycles. The lowest BCUT2D eigenvalue weighted by Crippen LogP contribution is -2.12. The van der Waals surface area contributed by atoms with Gasteiger partial charge < -0.3 is 9.30 Å². The molecule has 278 valence electrons. The smallest absolute Gasteiger partial charge is 0.137 e. The Hall–Kier alpha value is -6.92. The van der Waals surface area contributed by atoms with Crippen molar-refractivity contribution >= 4 is 43.6 Å². The molecule has 0 atom stereocenters. The fraction of sp³-hybridized carbons (Fsp3) is 0.137. The van der Waals surface area contributed by atoms with Crippen LogP contribution in [0.4, 0.5) is 0 Å². The third kappa shape index (κ3) is 5.79. The molecule has 0 aliphatic carbocycles. The first-order chi connectivity index (χ1) is 27.6. The molecule has 0 unspecified atom stereocenters. The Morgan fingerprint density at radius 2 is 1.30 bits per heavy atom. The second kappa shape index (κ2) is 13.1. The van der Waals surface area contributed by atoms with Crippen LogP contribution in [0.5, 0.6) is 11.5 Å². The average Bonchev–Trinajstić information content (AvgIpc) is 3.90. The third-order valence-electron chi connectivity index (χ3n) is 11.2. The molecule has 0 amide bonds. The fourth-order valence-corrected chi connectivity index (χ4v) is 8.71. The maximum Gasteiger partial charge on any atom is 0.137 e. The molecular formula is C51H43N5O. The molecule has 10 rings (SSSR count). The SMILES string of the molecule is Cc1cc(C)c(-c2ccn(-c3cccc(Oc4ccc5c6c(ccc7c8ccccc8n(-c8ccccc8)c76)n(-c6cc(C(C)(C)C)ccn6)c5c4)c3)n2)c(C)c1. The molecule has 0 spiro atoms. The van der Waals surface area contributed by atoms with Crippen LogP contribution in [-0.4, -0.2) is 23.9 Å². The number of para-hydroxylation sites is 2. The first kappa shape index (κ1) is 34.6. The molecular weight excluding hydrogens is 699 g/mol. The van der Waals surface area contributed by atoms with Gasteiger partial charge in [0, 0.05) is 57.3 Å². The van der Waals surface area contributed by atoms with E-state index >= 15 is 0 Å². The quantitative estimate of drug-likeness (QED) is 0.170. The second-order valence-corrected chi connectivity index (χ2v) is 16.2. The highest BCUT2D eigenvalue weighted by Gasteiger charge is 2.23. The number of ether oxygens (including phenoxy) is 1. The number of nitrogens with zero attached hydrogens (tertiary/aromatic N) is 5. The van der Waals surface area contributed by atoms with Crippen molar-refractivity contribution in [3.8, 4) is 39.9 Å². The lowest BCUT2D eigenvalue weighted by atomic mass is 9.88. The van der Waals surface area contributed by atoms with Gasteiger partial charge in [-0.05, 0) is 110 Å². The van der Waals surface area contributed by atoms with Crippen molar-refractivity contribution in [2.75, 3.05) is 0 Å². The summed E-state index contributed by atoms with van der Waals surface area (Å²) in [7, 11) is 0. The van der Waals surface area contributed by atoms with E-state index in [-0.39, 0.29) is 5.41 Å². The van der Waals surface area contributed by atoms with Crippen molar-refractivity contribution in [2.45, 2.75) is 47.0 Å². The molecule has 0 saturated carbocycles. The van der Waals surface area contributed by atoms with Crippen LogP contribution in [0.15, 0.2) is 152 Å². The molecule has 0 bridgehead atoms. The second-order valence-electron chi connectivity index (χ2n) is 16.2. The number of rotatable bonds is 6. The van der Waals surface area contributed by atoms with E-state index in [2.05, 4.69) is 172 Å². The van der Waals surface area contributed by atoms with E-state index in [4.69, 9.17) is 14.8 Å². The topological polar surface area (TPSA) is 49.8 Å². The van der Waals surface area contributed by atoms with Crippen LogP contribution in [0.2, 0.25) is 0 Å². The molecule has 4 aromatic heterocycles. The molecule has 0 aliphatic heterocycles. The summed E-state index contributed by atoms with van der Waals surface area (Å²) in [5, 5.41) is 9.74. The van der Waals surface area contributed by atoms with Gasteiger partial charge >= 0.3 is 0 Å². The standard InChI is InChI=1S/C51H43N5O/c1-32-27-33(2)48(34(3)28-32)43-24-26-54(53-43)37-15-12-16-38(30-37)57-39-19-20-42-46(31-39)56(47-29-35(23-25-52-47)51(4,5)6)45-22-21-41-40-17-10-11-18-44(40)55(50(41)49(42)45)36-13-8-7-9-14-36/h7-31H,1-6H3. The molecule has 10 aromatic rings. The van der Waals surface area contributed by atoms with Crippen molar-refractivity contribution < 1.29 is 4.74 Å². The molecule has 0 N–H and O–H groups in total. The van der Waals surface area contributed by atoms with Gasteiger partial charge in [0.15, 0.2) is 0 Å². The van der Waals surface area contributed by atoms with Crippen LogP contribution in [0.3, 0.4) is 0 Å². The third-order valence-corrected chi connectivity index (χ3v) is 11.2. The predicted octanol–water partition coefficient (Wildman–Crippen LogP) is 13.1. The first-order valence-corrected chi connectivity index (χ1v) is 19.6. The van der Waals surface area contributed by atoms with Crippen molar-refractivity contribution in [2.24, 2.45) is 0 Å². The van der Waals surface area contributed by atoms with Crippen LogP contribution in [0.25, 0.3) is 72.1 Å². The van der Waals surface area contributed by atoms with Crippen LogP contribution in [-0.2, 0) is 5.41 Å². The van der Waals surface area contributed by atoms with E-state index in [1.807, 2.05) is 35.3 Å². The Kier molecular flexibility index (Phi) is 7.94. The van der Waals surface area contributed by atoms with E-state index in [1.54, 1.807) is 0 Å². The van der Waals surface area contributed by atoms with Crippen LogP contribution >= 0.6 is 0 Å². The number of pyridine rings is 1. The molecule has 0 saturated heterocycles. The number of hydrogen-bond acceptors (Lipinski definition) is 3. The molecule has 0 radical (unpaired) electrons. The molecule has 57 heavy (non-hydrogen) atoms. The summed E-state index contributed by atoms with van der Waals surface area (Å²) < 4.78 is 13.3. The minimum absolute atomic E-state index is 0.0458. The molecule has 6 nitrogen and oxygen atoms in total. The minimum atomic E-state index is -0.0458. The van der Waals surface area contributed by atoms with Gasteiger partial charge in [-0.2, -0.15) is 5.10 Å². The van der Waals surface area contributed by atoms with Gasteiger partial charge in [0.1, 0.15) is 17.3 Å². The minimum Gasteiger partial charge on any atom is -0.457 e. The summed E-state index contributed by atoms with van der Waals surface area (Å²) in [6, 6.07) is 49.3. The van der Waals surface area contributed by atoms with E-state index in [1.165, 1.54) is 55.0 Å². The van der Waals surface area contributed by atoms with Gasteiger partial charge in [-0.15, -0.1) is 0 Å². The number of aryl methyl sites for hydroxylation is 3. The van der Waals surface area contributed by atoms with Gasteiger partial charge in [-0.1, -0.05) is 87.0 Å². The maximum absolute atomic E-state index is 6.70. The summed E-state index contributed by atoms with van der Waals surface area (Å²) in [6.07, 6.45) is 3.95. The Bertz CT molecular complexity index is 3150. The molecule has 4 heterocycles. The first-order valence-electron chi connectivity index (χ1n) is 19.6. The lowest BCUT2D eigenvalue weighted by Gasteiger charge is -2.20. The summed E-state index contributed by atoms with van der Waals surface area (Å²) in [5.74, 6) is 2.34. The molecule has 0 fully saturated rings. The molecule has 0 aliphatic rings. The van der Waals surface area contributed by atoms with Crippen molar-refractivity contribution in [3.63, 3.8) is 0 Å². The van der Waals surface area contributed by atoms with E-state index in [0.717, 1.165) is 50.8 Å². The van der Waals surface area contributed by atoms with Crippen molar-refractivity contribution in [1.29, 1.82) is 0 Å². The lowest BCUT2D eigenvalue weighted by molar-refractivity contribution is 0.483. The highest BCUT2D eigenvalue weighted by molar-refractivity contribution is 6.26. The maximum atomic E-state index is 6.70.